The highest BCUT2D eigenvalue weighted by molar-refractivity contribution is 6.25. The van der Waals surface area contributed by atoms with Crippen LogP contribution in [0.3, 0.4) is 0 Å². The van der Waals surface area contributed by atoms with Gasteiger partial charge in [-0.25, -0.2) is 9.29 Å². The van der Waals surface area contributed by atoms with Crippen molar-refractivity contribution in [3.63, 3.8) is 0 Å². The maximum atomic E-state index is 14.9. The number of carbonyl (C=O) groups is 5. The number of amides is 4. The molecule has 3 fully saturated rings. The van der Waals surface area contributed by atoms with E-state index in [1.54, 1.807) is 91.9 Å². The fraction of sp³-hybridized carbons (Fsp3) is 0.225. The molecule has 1 saturated carbocycles. The van der Waals surface area contributed by atoms with Crippen LogP contribution in [0.1, 0.15) is 47.2 Å². The Balaban J connectivity index is 1.18. The maximum Gasteiger partial charge on any atom is 0.241 e. The Morgan fingerprint density at radius 2 is 1.39 bits per heavy atom. The molecule has 6 atom stereocenters. The molecule has 1 N–H and O–H groups in total. The lowest BCUT2D eigenvalue weighted by Gasteiger charge is -2.49. The Labute approximate surface area is 281 Å². The number of phenolic OH excluding ortho intramolecular Hbond substituents is 1. The lowest BCUT2D eigenvalue weighted by atomic mass is 9.51. The molecule has 4 aliphatic rings. The highest BCUT2D eigenvalue weighted by Crippen LogP contribution is 2.63. The fourth-order valence-corrected chi connectivity index (χ4v) is 8.69. The number of fused-ring (bicyclic) bond motifs is 4. The molecule has 6 unspecified atom stereocenters. The molecule has 4 aromatic carbocycles. The van der Waals surface area contributed by atoms with Crippen molar-refractivity contribution in [2.24, 2.45) is 29.1 Å². The van der Waals surface area contributed by atoms with Gasteiger partial charge in [-0.2, -0.15) is 0 Å². The summed E-state index contributed by atoms with van der Waals surface area (Å²) >= 11 is 0. The van der Waals surface area contributed by atoms with Gasteiger partial charge in [0, 0.05) is 17.0 Å². The number of halogens is 1. The van der Waals surface area contributed by atoms with Crippen molar-refractivity contribution < 1.29 is 33.5 Å². The lowest BCUT2D eigenvalue weighted by Crippen LogP contribution is -2.48. The Hall–Kier alpha value is -5.70. The quantitative estimate of drug-likeness (QED) is 0.156. The third kappa shape index (κ3) is 4.45. The molecule has 2 aliphatic heterocycles. The van der Waals surface area contributed by atoms with Crippen molar-refractivity contribution in [1.82, 2.24) is 0 Å². The van der Waals surface area contributed by atoms with Crippen LogP contribution in [0, 0.1) is 34.9 Å². The highest BCUT2D eigenvalue weighted by Gasteiger charge is 2.67. The number of hydrogen-bond acceptors (Lipinski definition) is 6. The number of hydrogen-bond donors (Lipinski definition) is 1. The van der Waals surface area contributed by atoms with E-state index in [4.69, 9.17) is 0 Å². The molecule has 8 rings (SSSR count). The summed E-state index contributed by atoms with van der Waals surface area (Å²) in [7, 11) is 0. The van der Waals surface area contributed by atoms with Gasteiger partial charge in [0.1, 0.15) is 0 Å². The molecule has 2 heterocycles. The maximum absolute atomic E-state index is 14.9. The topological polar surface area (TPSA) is 112 Å². The number of phenols is 1. The van der Waals surface area contributed by atoms with E-state index in [9.17, 15) is 33.5 Å². The number of aromatic hydroxyl groups is 1. The van der Waals surface area contributed by atoms with E-state index in [2.05, 4.69) is 0 Å². The number of nitrogens with zero attached hydrogens (tertiary/aromatic N) is 2. The average Bonchev–Trinajstić information content (AvgIpc) is 3.49. The van der Waals surface area contributed by atoms with Crippen LogP contribution < -0.4 is 9.80 Å². The van der Waals surface area contributed by atoms with Crippen LogP contribution in [0.4, 0.5) is 15.8 Å². The summed E-state index contributed by atoms with van der Waals surface area (Å²) in [5.41, 5.74) is 1.50. The van der Waals surface area contributed by atoms with Gasteiger partial charge in [-0.1, -0.05) is 66.2 Å². The first-order chi connectivity index (χ1) is 23.6. The first-order valence-corrected chi connectivity index (χ1v) is 16.3. The SMILES string of the molecule is CC12C(=O)N(c3ccccc3)C(=O)C1CC1C(=CCC3C(=O)N(c4ccc(C(=O)c5ccccc5)cc4)C(=O)C31)C2c1ccc(O)c(F)c1. The van der Waals surface area contributed by atoms with Crippen molar-refractivity contribution >= 4 is 40.8 Å². The van der Waals surface area contributed by atoms with Gasteiger partial charge in [0.2, 0.25) is 23.6 Å². The summed E-state index contributed by atoms with van der Waals surface area (Å²) in [5.74, 6) is -6.92. The van der Waals surface area contributed by atoms with E-state index in [1.165, 1.54) is 21.9 Å². The van der Waals surface area contributed by atoms with Gasteiger partial charge in [0.05, 0.1) is 34.5 Å². The van der Waals surface area contributed by atoms with Gasteiger partial charge in [-0.15, -0.1) is 0 Å². The first kappa shape index (κ1) is 30.6. The minimum Gasteiger partial charge on any atom is -0.505 e. The number of para-hydroxylation sites is 1. The molecule has 0 aromatic heterocycles. The summed E-state index contributed by atoms with van der Waals surface area (Å²) < 4.78 is 14.9. The van der Waals surface area contributed by atoms with Gasteiger partial charge in [0.25, 0.3) is 0 Å². The van der Waals surface area contributed by atoms with Crippen LogP contribution in [0.15, 0.2) is 115 Å². The summed E-state index contributed by atoms with van der Waals surface area (Å²) in [6, 6.07) is 27.8. The number of allylic oxidation sites excluding steroid dienone is 2. The van der Waals surface area contributed by atoms with Gasteiger partial charge in [-0.3, -0.25) is 28.9 Å². The molecule has 0 radical (unpaired) electrons. The number of carbonyl (C=O) groups excluding carboxylic acids is 5. The normalized spacial score (nSPS) is 27.5. The summed E-state index contributed by atoms with van der Waals surface area (Å²) in [6.07, 6.45) is 2.28. The number of anilines is 2. The van der Waals surface area contributed by atoms with Gasteiger partial charge >= 0.3 is 0 Å². The van der Waals surface area contributed by atoms with Gasteiger partial charge in [-0.05, 0) is 79.8 Å². The van der Waals surface area contributed by atoms with Gasteiger partial charge < -0.3 is 5.11 Å². The minimum atomic E-state index is -1.32. The van der Waals surface area contributed by atoms with E-state index in [0.29, 0.717) is 33.6 Å². The molecular formula is C40H31FN2O6. The zero-order chi connectivity index (χ0) is 34.2. The summed E-state index contributed by atoms with van der Waals surface area (Å²) in [5, 5.41) is 10.0. The molecule has 9 heteroatoms. The van der Waals surface area contributed by atoms with E-state index in [-0.39, 0.29) is 24.5 Å². The molecule has 0 spiro atoms. The van der Waals surface area contributed by atoms with Crippen LogP contribution in [0.2, 0.25) is 0 Å². The molecule has 0 bridgehead atoms. The van der Waals surface area contributed by atoms with E-state index in [1.807, 2.05) is 12.1 Å². The number of rotatable bonds is 5. The second-order valence-corrected chi connectivity index (χ2v) is 13.5. The van der Waals surface area contributed by atoms with Crippen LogP contribution in [0.5, 0.6) is 5.75 Å². The molecule has 49 heavy (non-hydrogen) atoms. The average molecular weight is 655 g/mol. The smallest absolute Gasteiger partial charge is 0.241 e. The summed E-state index contributed by atoms with van der Waals surface area (Å²) in [6.45, 7) is 1.73. The second-order valence-electron chi connectivity index (χ2n) is 13.5. The second kappa shape index (κ2) is 11.2. The first-order valence-electron chi connectivity index (χ1n) is 16.3. The number of imide groups is 2. The zero-order valence-corrected chi connectivity index (χ0v) is 26.5. The Morgan fingerprint density at radius 3 is 2.06 bits per heavy atom. The molecule has 2 aliphatic carbocycles. The number of benzene rings is 4. The van der Waals surface area contributed by atoms with Crippen molar-refractivity contribution in [1.29, 1.82) is 0 Å². The minimum absolute atomic E-state index is 0.159. The van der Waals surface area contributed by atoms with Crippen molar-refractivity contribution in [3.8, 4) is 5.75 Å². The lowest BCUT2D eigenvalue weighted by molar-refractivity contribution is -0.131. The fourth-order valence-electron chi connectivity index (χ4n) is 8.69. The standard InChI is InChI=1S/C40H31FN2O6/c1-40-30(37(47)43(39(40)49)25-10-6-3-7-11-25)21-29-27(34(40)24-14-19-32(44)31(41)20-24)17-18-28-33(29)38(48)42(36(28)46)26-15-12-23(13-16-26)35(45)22-8-4-2-5-9-22/h2-17,19-20,28-30,33-34,44H,18,21H2,1H3. The zero-order valence-electron chi connectivity index (χ0n) is 26.5. The molecule has 8 nitrogen and oxygen atoms in total. The van der Waals surface area contributed by atoms with Crippen molar-refractivity contribution in [3.05, 3.63) is 137 Å². The van der Waals surface area contributed by atoms with Crippen LogP contribution in [0.25, 0.3) is 0 Å². The summed E-state index contributed by atoms with van der Waals surface area (Å²) in [4.78, 5) is 72.3. The molecule has 2 saturated heterocycles. The van der Waals surface area contributed by atoms with E-state index >= 15 is 0 Å². The molecule has 244 valence electrons. The molecule has 4 amide bonds. The third-order valence-electron chi connectivity index (χ3n) is 11.0. The molecular weight excluding hydrogens is 623 g/mol. The predicted octanol–water partition coefficient (Wildman–Crippen LogP) is 6.20. The number of ketones is 1. The third-order valence-corrected chi connectivity index (χ3v) is 11.0. The van der Waals surface area contributed by atoms with E-state index < -0.39 is 64.3 Å². The predicted molar refractivity (Wildman–Crippen MR) is 178 cm³/mol. The Morgan fingerprint density at radius 1 is 0.755 bits per heavy atom. The highest BCUT2D eigenvalue weighted by atomic mass is 19.1. The van der Waals surface area contributed by atoms with Gasteiger partial charge in [0.15, 0.2) is 17.3 Å². The van der Waals surface area contributed by atoms with E-state index in [0.717, 1.165) is 0 Å². The van der Waals surface area contributed by atoms with Crippen LogP contribution in [-0.2, 0) is 19.2 Å². The molecule has 4 aromatic rings. The Kier molecular flexibility index (Phi) is 6.99. The Bertz CT molecular complexity index is 2100. The monoisotopic (exact) mass is 654 g/mol. The van der Waals surface area contributed by atoms with Crippen molar-refractivity contribution in [2.45, 2.75) is 25.7 Å². The largest absolute Gasteiger partial charge is 0.505 e. The van der Waals surface area contributed by atoms with Crippen LogP contribution >= 0.6 is 0 Å². The van der Waals surface area contributed by atoms with Crippen molar-refractivity contribution in [2.75, 3.05) is 9.80 Å². The van der Waals surface area contributed by atoms with Crippen LogP contribution in [-0.4, -0.2) is 34.5 Å².